The zero-order valence-corrected chi connectivity index (χ0v) is 14.2. The molecule has 1 aromatic rings. The number of nitrogens with zero attached hydrogens (tertiary/aromatic N) is 4. The van der Waals surface area contributed by atoms with Crippen molar-refractivity contribution in [3.63, 3.8) is 0 Å². The number of hydrogen-bond donors (Lipinski definition) is 0. The van der Waals surface area contributed by atoms with Gasteiger partial charge in [0, 0.05) is 38.6 Å². The van der Waals surface area contributed by atoms with Crippen LogP contribution in [0, 0.1) is 11.8 Å². The van der Waals surface area contributed by atoms with Crippen molar-refractivity contribution < 1.29 is 13.2 Å². The molecule has 2 saturated heterocycles. The summed E-state index contributed by atoms with van der Waals surface area (Å²) in [5.74, 6) is 3.60. The molecule has 1 aliphatic carbocycles. The van der Waals surface area contributed by atoms with Crippen LogP contribution in [-0.4, -0.2) is 61.0 Å². The van der Waals surface area contributed by atoms with Crippen molar-refractivity contribution >= 4 is 15.8 Å². The minimum Gasteiger partial charge on any atom is -0.381 e. The van der Waals surface area contributed by atoms with E-state index in [1.165, 1.54) is 12.8 Å². The summed E-state index contributed by atoms with van der Waals surface area (Å²) in [6.07, 6.45) is 4.65. The Kier molecular flexibility index (Phi) is 4.05. The molecule has 2 aliphatic heterocycles. The fourth-order valence-corrected chi connectivity index (χ4v) is 4.58. The fraction of sp³-hybridized carbons (Fsp3) is 0.867. The number of ether oxygens (including phenoxy) is 1. The highest BCUT2D eigenvalue weighted by Gasteiger charge is 2.30. The predicted molar refractivity (Wildman–Crippen MR) is 86.2 cm³/mol. The second kappa shape index (κ2) is 6.05. The molecule has 1 atom stereocenters. The second-order valence-electron chi connectivity index (χ2n) is 7.04. The van der Waals surface area contributed by atoms with E-state index >= 15 is 0 Å². The Labute approximate surface area is 136 Å². The van der Waals surface area contributed by atoms with Crippen LogP contribution in [0.25, 0.3) is 0 Å². The molecule has 8 heteroatoms. The van der Waals surface area contributed by atoms with Gasteiger partial charge in [-0.1, -0.05) is 0 Å². The van der Waals surface area contributed by atoms with Gasteiger partial charge in [0.2, 0.25) is 5.95 Å². The van der Waals surface area contributed by atoms with E-state index in [0.717, 1.165) is 50.3 Å². The molecule has 1 aromatic heterocycles. The predicted octanol–water partition coefficient (Wildman–Crippen LogP) is 0.502. The normalized spacial score (nSPS) is 27.5. The van der Waals surface area contributed by atoms with Crippen LogP contribution in [0.1, 0.15) is 25.1 Å². The van der Waals surface area contributed by atoms with Crippen LogP contribution in [0.2, 0.25) is 0 Å². The van der Waals surface area contributed by atoms with Crippen molar-refractivity contribution in [1.29, 1.82) is 0 Å². The minimum absolute atomic E-state index is 0.213. The summed E-state index contributed by atoms with van der Waals surface area (Å²) in [4.78, 5) is 2.08. The molecule has 3 heterocycles. The van der Waals surface area contributed by atoms with Crippen molar-refractivity contribution in [2.75, 3.05) is 42.7 Å². The first-order valence-corrected chi connectivity index (χ1v) is 10.4. The van der Waals surface area contributed by atoms with E-state index in [0.29, 0.717) is 19.0 Å². The average molecular weight is 340 g/mol. The van der Waals surface area contributed by atoms with Gasteiger partial charge in [0.25, 0.3) is 0 Å². The van der Waals surface area contributed by atoms with Crippen molar-refractivity contribution in [3.05, 3.63) is 5.82 Å². The third kappa shape index (κ3) is 3.52. The molecule has 0 N–H and O–H groups in total. The van der Waals surface area contributed by atoms with E-state index in [4.69, 9.17) is 4.74 Å². The fourth-order valence-electron chi connectivity index (χ4n) is 3.38. The van der Waals surface area contributed by atoms with E-state index in [-0.39, 0.29) is 11.5 Å². The number of anilines is 1. The molecule has 0 amide bonds. The van der Waals surface area contributed by atoms with Gasteiger partial charge in [-0.05, 0) is 25.2 Å². The van der Waals surface area contributed by atoms with Crippen molar-refractivity contribution in [1.82, 2.24) is 14.8 Å². The molecule has 0 bridgehead atoms. The molecule has 0 radical (unpaired) electrons. The molecule has 3 fully saturated rings. The van der Waals surface area contributed by atoms with Crippen LogP contribution in [0.15, 0.2) is 0 Å². The molecule has 3 aliphatic rings. The third-order valence-electron chi connectivity index (χ3n) is 5.07. The van der Waals surface area contributed by atoms with Gasteiger partial charge >= 0.3 is 0 Å². The smallest absolute Gasteiger partial charge is 0.227 e. The van der Waals surface area contributed by atoms with Gasteiger partial charge in [0.05, 0.1) is 18.1 Å². The Balaban J connectivity index is 1.55. The van der Waals surface area contributed by atoms with Gasteiger partial charge in [0.1, 0.15) is 5.82 Å². The Morgan fingerprint density at radius 3 is 2.52 bits per heavy atom. The van der Waals surface area contributed by atoms with Crippen molar-refractivity contribution in [3.8, 4) is 0 Å². The number of rotatable bonds is 5. The van der Waals surface area contributed by atoms with Crippen LogP contribution >= 0.6 is 0 Å². The second-order valence-corrected chi connectivity index (χ2v) is 9.35. The Morgan fingerprint density at radius 2 is 1.87 bits per heavy atom. The highest BCUT2D eigenvalue weighted by atomic mass is 32.2. The van der Waals surface area contributed by atoms with E-state index < -0.39 is 9.84 Å². The summed E-state index contributed by atoms with van der Waals surface area (Å²) in [7, 11) is -2.88. The number of sulfone groups is 1. The lowest BCUT2D eigenvalue weighted by Crippen LogP contribution is -2.42. The minimum atomic E-state index is -2.88. The highest BCUT2D eigenvalue weighted by molar-refractivity contribution is 7.91. The Bertz CT molecular complexity index is 648. The van der Waals surface area contributed by atoms with Gasteiger partial charge in [-0.15, -0.1) is 10.2 Å². The zero-order chi connectivity index (χ0) is 15.9. The monoisotopic (exact) mass is 340 g/mol. The maximum Gasteiger partial charge on any atom is 0.227 e. The van der Waals surface area contributed by atoms with E-state index in [9.17, 15) is 8.42 Å². The van der Waals surface area contributed by atoms with Gasteiger partial charge in [-0.2, -0.15) is 0 Å². The van der Waals surface area contributed by atoms with Crippen LogP contribution in [-0.2, 0) is 27.5 Å². The van der Waals surface area contributed by atoms with Crippen LogP contribution in [0.4, 0.5) is 5.95 Å². The van der Waals surface area contributed by atoms with Crippen LogP contribution < -0.4 is 4.90 Å². The molecule has 1 unspecified atom stereocenters. The first-order valence-electron chi connectivity index (χ1n) is 8.56. The lowest BCUT2D eigenvalue weighted by molar-refractivity contribution is 0.182. The SMILES string of the molecule is O=S1(=O)CCN(c2nnc(CC3CC3)n2CC2CCOC2)CC1. The average Bonchev–Trinajstić information content (AvgIpc) is 3.03. The largest absolute Gasteiger partial charge is 0.381 e. The molecule has 128 valence electrons. The third-order valence-corrected chi connectivity index (χ3v) is 6.68. The molecule has 4 rings (SSSR count). The Morgan fingerprint density at radius 1 is 1.09 bits per heavy atom. The van der Waals surface area contributed by atoms with Crippen molar-refractivity contribution in [2.45, 2.75) is 32.2 Å². The summed E-state index contributed by atoms with van der Waals surface area (Å²) in [6.45, 7) is 3.56. The topological polar surface area (TPSA) is 77.3 Å². The van der Waals surface area contributed by atoms with E-state index in [2.05, 4.69) is 19.7 Å². The summed E-state index contributed by atoms with van der Waals surface area (Å²) in [5, 5.41) is 8.84. The molecule has 0 aromatic carbocycles. The molecule has 0 spiro atoms. The summed E-state index contributed by atoms with van der Waals surface area (Å²) < 4.78 is 31.1. The van der Waals surface area contributed by atoms with Crippen LogP contribution in [0.3, 0.4) is 0 Å². The summed E-state index contributed by atoms with van der Waals surface area (Å²) in [6, 6.07) is 0. The van der Waals surface area contributed by atoms with Crippen LogP contribution in [0.5, 0.6) is 0 Å². The lowest BCUT2D eigenvalue weighted by Gasteiger charge is -2.28. The van der Waals surface area contributed by atoms with Gasteiger partial charge in [0.15, 0.2) is 9.84 Å². The molecular weight excluding hydrogens is 316 g/mol. The maximum absolute atomic E-state index is 11.7. The first-order chi connectivity index (χ1) is 11.1. The summed E-state index contributed by atoms with van der Waals surface area (Å²) in [5.41, 5.74) is 0. The van der Waals surface area contributed by atoms with Crippen molar-refractivity contribution in [2.24, 2.45) is 11.8 Å². The van der Waals surface area contributed by atoms with E-state index in [1.807, 2.05) is 0 Å². The first kappa shape index (κ1) is 15.4. The van der Waals surface area contributed by atoms with Gasteiger partial charge < -0.3 is 9.64 Å². The molecule has 23 heavy (non-hydrogen) atoms. The highest BCUT2D eigenvalue weighted by Crippen LogP contribution is 2.33. The lowest BCUT2D eigenvalue weighted by atomic mass is 10.1. The van der Waals surface area contributed by atoms with Gasteiger partial charge in [-0.25, -0.2) is 8.42 Å². The number of aromatic nitrogens is 3. The zero-order valence-electron chi connectivity index (χ0n) is 13.4. The summed E-state index contributed by atoms with van der Waals surface area (Å²) >= 11 is 0. The number of hydrogen-bond acceptors (Lipinski definition) is 6. The molecule has 7 nitrogen and oxygen atoms in total. The molecular formula is C15H24N4O3S. The molecule has 1 saturated carbocycles. The van der Waals surface area contributed by atoms with Gasteiger partial charge in [-0.3, -0.25) is 4.57 Å². The maximum atomic E-state index is 11.7. The standard InChI is InChI=1S/C15H24N4O3S/c20-23(21)7-4-18(5-8-23)15-17-16-14(9-12-1-2-12)19(15)10-13-3-6-22-11-13/h12-13H,1-11H2. The Hall–Kier alpha value is -1.15. The van der Waals surface area contributed by atoms with E-state index in [1.54, 1.807) is 0 Å². The quantitative estimate of drug-likeness (QED) is 0.777.